The zero-order valence-electron chi connectivity index (χ0n) is 41.3. The van der Waals surface area contributed by atoms with Crippen LogP contribution in [0.1, 0.15) is 78.0 Å². The Morgan fingerprint density at radius 1 is 0.471 bits per heavy atom. The quantitative estimate of drug-likeness (QED) is 0.160. The van der Waals surface area contributed by atoms with Crippen LogP contribution >= 0.6 is 0 Å². The van der Waals surface area contributed by atoms with Crippen LogP contribution in [0.2, 0.25) is 0 Å². The van der Waals surface area contributed by atoms with Gasteiger partial charge in [-0.1, -0.05) is 182 Å². The van der Waals surface area contributed by atoms with E-state index in [-0.39, 0.29) is 23.1 Å². The molecule has 1 aromatic heterocycles. The van der Waals surface area contributed by atoms with E-state index in [1.165, 1.54) is 94.6 Å². The third-order valence-electron chi connectivity index (χ3n) is 16.1. The van der Waals surface area contributed by atoms with Gasteiger partial charge in [0.05, 0.1) is 0 Å². The summed E-state index contributed by atoms with van der Waals surface area (Å²) < 4.78 is 7.49. The number of hydrogen-bond acceptors (Lipinski definition) is 3. The summed E-state index contributed by atoms with van der Waals surface area (Å²) in [6.07, 6.45) is 2.29. The smallest absolute Gasteiger partial charge is 0.333 e. The second-order valence-electron chi connectivity index (χ2n) is 22.4. The molecule has 9 aromatic carbocycles. The maximum atomic E-state index is 7.49. The fourth-order valence-electron chi connectivity index (χ4n) is 12.1. The van der Waals surface area contributed by atoms with Crippen LogP contribution in [0.4, 0.5) is 28.4 Å². The molecule has 4 heteroatoms. The zero-order valence-corrected chi connectivity index (χ0v) is 41.3. The molecule has 0 N–H and O–H groups in total. The zero-order chi connectivity index (χ0) is 47.7. The number of rotatable bonds is 5. The van der Waals surface area contributed by atoms with Crippen molar-refractivity contribution >= 4 is 68.1 Å². The minimum absolute atomic E-state index is 0.0132. The summed E-state index contributed by atoms with van der Waals surface area (Å²) >= 11 is 0. The maximum absolute atomic E-state index is 7.49. The van der Waals surface area contributed by atoms with Gasteiger partial charge < -0.3 is 14.1 Å². The number of furan rings is 1. The van der Waals surface area contributed by atoms with Gasteiger partial charge in [0.15, 0.2) is 0 Å². The van der Waals surface area contributed by atoms with E-state index in [4.69, 9.17) is 4.42 Å². The third kappa shape index (κ3) is 6.63. The summed E-state index contributed by atoms with van der Waals surface area (Å²) in [6.45, 7) is 16.4. The Morgan fingerprint density at radius 3 is 1.67 bits per heavy atom. The van der Waals surface area contributed by atoms with Crippen molar-refractivity contribution < 1.29 is 4.42 Å². The van der Waals surface area contributed by atoms with E-state index in [0.717, 1.165) is 40.8 Å². The lowest BCUT2D eigenvalue weighted by molar-refractivity contribution is 0.332. The van der Waals surface area contributed by atoms with Crippen LogP contribution in [0.15, 0.2) is 199 Å². The van der Waals surface area contributed by atoms with Gasteiger partial charge in [0.2, 0.25) is 0 Å². The SMILES string of the molecule is CC(C)(C)c1ccc(N2B3c4ccc(-c5ccccc5)cc4N(c4cccc(-c5ccccc5)c4)c4cc5c(oc6cc7c(cc65)C(C)(C)CCC7(C)C)c(c43)-c3cc(-c4ccccc4)ccc32)cc1. The average molecular weight is 905 g/mol. The predicted octanol–water partition coefficient (Wildman–Crippen LogP) is 16.9. The third-order valence-corrected chi connectivity index (χ3v) is 16.1. The van der Waals surface area contributed by atoms with Crippen molar-refractivity contribution in [3.63, 3.8) is 0 Å². The summed E-state index contributed by atoms with van der Waals surface area (Å²) in [5.74, 6) is 0. The van der Waals surface area contributed by atoms with Crippen molar-refractivity contribution in [2.24, 2.45) is 0 Å². The van der Waals surface area contributed by atoms with Crippen molar-refractivity contribution in [2.75, 3.05) is 9.71 Å². The first kappa shape index (κ1) is 42.5. The second-order valence-corrected chi connectivity index (χ2v) is 22.4. The number of benzene rings is 9. The number of hydrogen-bond donors (Lipinski definition) is 0. The van der Waals surface area contributed by atoms with E-state index in [1.807, 2.05) is 0 Å². The van der Waals surface area contributed by atoms with E-state index in [9.17, 15) is 0 Å². The van der Waals surface area contributed by atoms with Crippen LogP contribution in [0.3, 0.4) is 0 Å². The molecule has 10 aromatic rings. The Morgan fingerprint density at radius 2 is 1.04 bits per heavy atom. The molecule has 2 aliphatic heterocycles. The lowest BCUT2D eigenvalue weighted by atomic mass is 9.43. The molecular weight excluding hydrogens is 848 g/mol. The molecule has 0 saturated heterocycles. The van der Waals surface area contributed by atoms with E-state index in [1.54, 1.807) is 0 Å². The predicted molar refractivity (Wildman–Crippen MR) is 298 cm³/mol. The van der Waals surface area contributed by atoms with Gasteiger partial charge in [0, 0.05) is 50.3 Å². The van der Waals surface area contributed by atoms with E-state index in [2.05, 4.69) is 252 Å². The number of nitrogens with zero attached hydrogens (tertiary/aromatic N) is 2. The van der Waals surface area contributed by atoms with Crippen LogP contribution in [-0.2, 0) is 16.2 Å². The molecular formula is C66H57BN2O. The van der Waals surface area contributed by atoms with Gasteiger partial charge in [-0.3, -0.25) is 0 Å². The topological polar surface area (TPSA) is 19.6 Å². The lowest BCUT2D eigenvalue weighted by Gasteiger charge is -2.46. The van der Waals surface area contributed by atoms with Crippen molar-refractivity contribution in [1.82, 2.24) is 0 Å². The summed E-state index contributed by atoms with van der Waals surface area (Å²) in [6, 6.07) is 72.7. The van der Waals surface area contributed by atoms with Crippen molar-refractivity contribution in [1.29, 1.82) is 0 Å². The molecule has 0 amide bonds. The Labute approximate surface area is 413 Å². The molecule has 3 heterocycles. The molecule has 1 aliphatic carbocycles. The number of fused-ring (bicyclic) bond motifs is 9. The highest BCUT2D eigenvalue weighted by Crippen LogP contribution is 2.54. The highest BCUT2D eigenvalue weighted by atomic mass is 16.3. The van der Waals surface area contributed by atoms with Crippen LogP contribution in [0.5, 0.6) is 0 Å². The summed E-state index contributed by atoms with van der Waals surface area (Å²) in [5, 5.41) is 2.33. The highest BCUT2D eigenvalue weighted by Gasteiger charge is 2.47. The molecule has 0 spiro atoms. The largest absolute Gasteiger partial charge is 0.455 e. The molecule has 3 nitrogen and oxygen atoms in total. The molecule has 0 saturated carbocycles. The van der Waals surface area contributed by atoms with Crippen LogP contribution in [-0.4, -0.2) is 6.85 Å². The lowest BCUT2D eigenvalue weighted by Crippen LogP contribution is -2.61. The van der Waals surface area contributed by atoms with Gasteiger partial charge in [-0.25, -0.2) is 0 Å². The van der Waals surface area contributed by atoms with E-state index in [0.29, 0.717) is 0 Å². The van der Waals surface area contributed by atoms with Crippen LogP contribution in [0.25, 0.3) is 66.4 Å². The normalized spacial score (nSPS) is 15.4. The van der Waals surface area contributed by atoms with Crippen molar-refractivity contribution in [2.45, 2.75) is 77.6 Å². The molecule has 70 heavy (non-hydrogen) atoms. The summed E-state index contributed by atoms with van der Waals surface area (Å²) in [5.41, 5.74) is 23.9. The Hall–Kier alpha value is -7.56. The molecule has 0 radical (unpaired) electrons. The molecule has 13 rings (SSSR count). The first-order valence-electron chi connectivity index (χ1n) is 25.2. The molecule has 3 aliphatic rings. The Kier molecular flexibility index (Phi) is 9.40. The second kappa shape index (κ2) is 15.5. The van der Waals surface area contributed by atoms with Crippen molar-refractivity contribution in [3.05, 3.63) is 211 Å². The van der Waals surface area contributed by atoms with Crippen LogP contribution < -0.4 is 20.6 Å². The number of anilines is 5. The van der Waals surface area contributed by atoms with Gasteiger partial charge in [0.1, 0.15) is 11.2 Å². The van der Waals surface area contributed by atoms with Gasteiger partial charge in [-0.2, -0.15) is 0 Å². The summed E-state index contributed by atoms with van der Waals surface area (Å²) in [7, 11) is 0. The van der Waals surface area contributed by atoms with Crippen molar-refractivity contribution in [3.8, 4) is 44.5 Å². The fraction of sp³-hybridized carbons (Fsp3) is 0.182. The first-order chi connectivity index (χ1) is 33.8. The Bertz CT molecular complexity index is 3690. The maximum Gasteiger partial charge on any atom is 0.333 e. The van der Waals surface area contributed by atoms with E-state index >= 15 is 0 Å². The molecule has 0 fully saturated rings. The van der Waals surface area contributed by atoms with Gasteiger partial charge in [-0.15, -0.1) is 0 Å². The monoisotopic (exact) mass is 904 g/mol. The Balaban J connectivity index is 1.18. The standard InChI is InChI=1S/C66H57BN2O/c1-64(2,3)48-28-30-49(31-29-48)69-57-33-27-46(43-20-13-9-14-21-43)37-53(57)61-62-59(40-52-51-39-54-55(41-60(51)70-63(52)61)66(6,7)35-34-65(54,4)5)68(50-25-17-24-45(36-50)42-18-11-8-12-19-42)58-38-47(26-32-56(58)67(62)69)44-22-15-10-16-23-44/h8-33,36-41H,34-35H2,1-7H3. The fourth-order valence-corrected chi connectivity index (χ4v) is 12.1. The van der Waals surface area contributed by atoms with Gasteiger partial charge in [-0.05, 0) is 151 Å². The van der Waals surface area contributed by atoms with Gasteiger partial charge >= 0.3 is 6.85 Å². The van der Waals surface area contributed by atoms with Gasteiger partial charge in [0.25, 0.3) is 0 Å². The first-order valence-corrected chi connectivity index (χ1v) is 25.2. The highest BCUT2D eigenvalue weighted by molar-refractivity contribution is 6.94. The molecule has 0 bridgehead atoms. The van der Waals surface area contributed by atoms with Crippen LogP contribution in [0, 0.1) is 0 Å². The molecule has 0 unspecified atom stereocenters. The minimum Gasteiger partial charge on any atom is -0.455 e. The average Bonchev–Trinajstić information content (AvgIpc) is 3.75. The summed E-state index contributed by atoms with van der Waals surface area (Å²) in [4.78, 5) is 5.19. The molecule has 0 atom stereocenters. The van der Waals surface area contributed by atoms with E-state index < -0.39 is 0 Å². The minimum atomic E-state index is -0.183. The molecule has 340 valence electrons.